The highest BCUT2D eigenvalue weighted by atomic mass is 16.5. The number of anilines is 1. The van der Waals surface area contributed by atoms with E-state index in [1.807, 2.05) is 13.0 Å². The van der Waals surface area contributed by atoms with Crippen LogP contribution in [0.25, 0.3) is 0 Å². The zero-order valence-electron chi connectivity index (χ0n) is 11.9. The van der Waals surface area contributed by atoms with Gasteiger partial charge in [0.15, 0.2) is 5.82 Å². The van der Waals surface area contributed by atoms with E-state index < -0.39 is 5.60 Å². The highest BCUT2D eigenvalue weighted by Gasteiger charge is 2.28. The van der Waals surface area contributed by atoms with E-state index in [4.69, 9.17) is 10.6 Å². The van der Waals surface area contributed by atoms with E-state index in [9.17, 15) is 0 Å². The molecule has 0 saturated heterocycles. The van der Waals surface area contributed by atoms with Gasteiger partial charge in [-0.2, -0.15) is 0 Å². The van der Waals surface area contributed by atoms with Gasteiger partial charge in [0.2, 0.25) is 0 Å². The van der Waals surface area contributed by atoms with E-state index >= 15 is 0 Å². The number of ether oxygens (including phenoxy) is 1. The van der Waals surface area contributed by atoms with Crippen molar-refractivity contribution in [3.8, 4) is 0 Å². The summed E-state index contributed by atoms with van der Waals surface area (Å²) < 4.78 is 5.54. The van der Waals surface area contributed by atoms with Crippen molar-refractivity contribution in [3.05, 3.63) is 17.6 Å². The smallest absolute Gasteiger partial charge is 0.162 e. The van der Waals surface area contributed by atoms with Crippen molar-refractivity contribution in [2.24, 2.45) is 11.8 Å². The Morgan fingerprint density at radius 3 is 2.56 bits per heavy atom. The van der Waals surface area contributed by atoms with Gasteiger partial charge in [0, 0.05) is 18.9 Å². The molecule has 102 valence electrons. The number of nitrogen functional groups attached to an aromatic ring is 1. The molecule has 1 atom stereocenters. The molecule has 0 fully saturated rings. The Bertz CT molecular complexity index is 389. The van der Waals surface area contributed by atoms with Crippen molar-refractivity contribution < 1.29 is 4.74 Å². The topological polar surface area (TPSA) is 73.1 Å². The summed E-state index contributed by atoms with van der Waals surface area (Å²) in [4.78, 5) is 9.00. The lowest BCUT2D eigenvalue weighted by molar-refractivity contribution is -0.00906. The Morgan fingerprint density at radius 1 is 1.44 bits per heavy atom. The van der Waals surface area contributed by atoms with E-state index in [2.05, 4.69) is 36.2 Å². The number of rotatable bonds is 6. The molecule has 1 unspecified atom stereocenters. The summed E-state index contributed by atoms with van der Waals surface area (Å²) >= 11 is 0. The summed E-state index contributed by atoms with van der Waals surface area (Å²) in [7, 11) is 1.68. The monoisotopic (exact) mass is 252 g/mol. The minimum atomic E-state index is -0.474. The fourth-order valence-corrected chi connectivity index (χ4v) is 1.72. The number of aromatic nitrogens is 2. The molecule has 18 heavy (non-hydrogen) atoms. The summed E-state index contributed by atoms with van der Waals surface area (Å²) in [6, 6.07) is 1.88. The summed E-state index contributed by atoms with van der Waals surface area (Å²) in [5, 5.41) is 0. The molecule has 0 aliphatic heterocycles. The second-order valence-corrected chi connectivity index (χ2v) is 5.10. The van der Waals surface area contributed by atoms with Crippen LogP contribution in [0.4, 0.5) is 5.82 Å². The van der Waals surface area contributed by atoms with Crippen LogP contribution >= 0.6 is 0 Å². The van der Waals surface area contributed by atoms with Crippen molar-refractivity contribution >= 4 is 5.82 Å². The van der Waals surface area contributed by atoms with Crippen LogP contribution in [0, 0.1) is 5.92 Å². The van der Waals surface area contributed by atoms with Gasteiger partial charge in [-0.05, 0) is 25.7 Å². The lowest BCUT2D eigenvalue weighted by Gasteiger charge is -2.25. The number of nitrogens with two attached hydrogens (primary N) is 1. The van der Waals surface area contributed by atoms with Crippen molar-refractivity contribution in [2.75, 3.05) is 12.5 Å². The molecular formula is C13H24N4O. The Hall–Kier alpha value is -1.20. The average molecular weight is 252 g/mol. The van der Waals surface area contributed by atoms with Gasteiger partial charge in [0.1, 0.15) is 11.4 Å². The second kappa shape index (κ2) is 6.11. The Kier molecular flexibility index (Phi) is 5.04. The third-order valence-corrected chi connectivity index (χ3v) is 3.14. The molecule has 0 aliphatic rings. The third kappa shape index (κ3) is 3.40. The number of hydrogen-bond acceptors (Lipinski definition) is 5. The fraction of sp³-hybridized carbons (Fsp3) is 0.692. The van der Waals surface area contributed by atoms with Crippen molar-refractivity contribution in [2.45, 2.75) is 46.1 Å². The molecule has 1 rings (SSSR count). The van der Waals surface area contributed by atoms with E-state index in [1.165, 1.54) is 0 Å². The first kappa shape index (κ1) is 14.9. The lowest BCUT2D eigenvalue weighted by Crippen LogP contribution is -2.28. The van der Waals surface area contributed by atoms with Crippen LogP contribution in [-0.4, -0.2) is 17.1 Å². The number of hydrazine groups is 1. The lowest BCUT2D eigenvalue weighted by atomic mass is 10.0. The second-order valence-electron chi connectivity index (χ2n) is 5.10. The summed E-state index contributed by atoms with van der Waals surface area (Å²) in [5.41, 5.74) is 3.11. The molecule has 3 N–H and O–H groups in total. The van der Waals surface area contributed by atoms with Gasteiger partial charge >= 0.3 is 0 Å². The summed E-state index contributed by atoms with van der Waals surface area (Å²) in [6.07, 6.45) is 1.70. The molecular weight excluding hydrogens is 228 g/mol. The van der Waals surface area contributed by atoms with Crippen LogP contribution in [0.5, 0.6) is 0 Å². The third-order valence-electron chi connectivity index (χ3n) is 3.14. The number of nitrogens with one attached hydrogen (secondary N) is 1. The standard InChI is InChI=1S/C13H24N4O/c1-6-13(4,18-5)12-15-10(7-9(2)3)8-11(16-12)17-14/h8-9H,6-7,14H2,1-5H3,(H,15,16,17). The molecule has 5 nitrogen and oxygen atoms in total. The van der Waals surface area contributed by atoms with Crippen LogP contribution in [-0.2, 0) is 16.8 Å². The zero-order chi connectivity index (χ0) is 13.8. The highest BCUT2D eigenvalue weighted by Crippen LogP contribution is 2.26. The molecule has 0 bridgehead atoms. The minimum Gasteiger partial charge on any atom is -0.371 e. The first-order valence-corrected chi connectivity index (χ1v) is 6.35. The maximum atomic E-state index is 5.54. The van der Waals surface area contributed by atoms with Crippen molar-refractivity contribution in [1.82, 2.24) is 9.97 Å². The van der Waals surface area contributed by atoms with Gasteiger partial charge in [-0.1, -0.05) is 20.8 Å². The van der Waals surface area contributed by atoms with E-state index in [0.717, 1.165) is 18.5 Å². The Morgan fingerprint density at radius 2 is 2.11 bits per heavy atom. The molecule has 0 saturated carbocycles. The van der Waals surface area contributed by atoms with Crippen LogP contribution in [0.3, 0.4) is 0 Å². The fourth-order valence-electron chi connectivity index (χ4n) is 1.72. The van der Waals surface area contributed by atoms with Gasteiger partial charge in [-0.25, -0.2) is 15.8 Å². The largest absolute Gasteiger partial charge is 0.371 e. The van der Waals surface area contributed by atoms with Crippen molar-refractivity contribution in [3.63, 3.8) is 0 Å². The number of nitrogens with zero attached hydrogens (tertiary/aromatic N) is 2. The SMILES string of the molecule is CCC(C)(OC)c1nc(CC(C)C)cc(NN)n1. The molecule has 1 aromatic rings. The van der Waals surface area contributed by atoms with Crippen molar-refractivity contribution in [1.29, 1.82) is 0 Å². The van der Waals surface area contributed by atoms with Crippen LogP contribution < -0.4 is 11.3 Å². The maximum absolute atomic E-state index is 5.54. The molecule has 1 aromatic heterocycles. The van der Waals surface area contributed by atoms with Crippen LogP contribution in [0.1, 0.15) is 45.6 Å². The van der Waals surface area contributed by atoms with E-state index in [0.29, 0.717) is 17.6 Å². The van der Waals surface area contributed by atoms with Gasteiger partial charge in [0.05, 0.1) is 0 Å². The van der Waals surface area contributed by atoms with Crippen LogP contribution in [0.15, 0.2) is 6.07 Å². The Balaban J connectivity index is 3.18. The predicted molar refractivity (Wildman–Crippen MR) is 73.0 cm³/mol. The molecule has 5 heteroatoms. The zero-order valence-corrected chi connectivity index (χ0v) is 11.9. The normalized spacial score (nSPS) is 14.6. The number of methoxy groups -OCH3 is 1. The summed E-state index contributed by atoms with van der Waals surface area (Å²) in [6.45, 7) is 8.36. The predicted octanol–water partition coefficient (Wildman–Crippen LogP) is 2.23. The van der Waals surface area contributed by atoms with Gasteiger partial charge in [0.25, 0.3) is 0 Å². The number of hydrogen-bond donors (Lipinski definition) is 2. The van der Waals surface area contributed by atoms with E-state index in [-0.39, 0.29) is 0 Å². The average Bonchev–Trinajstić information content (AvgIpc) is 2.36. The Labute approximate surface area is 109 Å². The first-order chi connectivity index (χ1) is 8.45. The maximum Gasteiger partial charge on any atom is 0.162 e. The molecule has 0 amide bonds. The quantitative estimate of drug-likeness (QED) is 0.600. The molecule has 0 aliphatic carbocycles. The van der Waals surface area contributed by atoms with Gasteiger partial charge < -0.3 is 10.2 Å². The van der Waals surface area contributed by atoms with Crippen LogP contribution in [0.2, 0.25) is 0 Å². The summed E-state index contributed by atoms with van der Waals surface area (Å²) in [5.74, 6) is 7.31. The van der Waals surface area contributed by atoms with E-state index in [1.54, 1.807) is 7.11 Å². The molecule has 0 spiro atoms. The van der Waals surface area contributed by atoms with Gasteiger partial charge in [-0.15, -0.1) is 0 Å². The molecule has 1 heterocycles. The van der Waals surface area contributed by atoms with Gasteiger partial charge in [-0.3, -0.25) is 0 Å². The first-order valence-electron chi connectivity index (χ1n) is 6.35. The molecule has 0 radical (unpaired) electrons. The highest BCUT2D eigenvalue weighted by molar-refractivity contribution is 5.35. The molecule has 0 aromatic carbocycles. The minimum absolute atomic E-state index is 0.474.